The van der Waals surface area contributed by atoms with E-state index in [0.717, 1.165) is 4.90 Å². The second-order valence-electron chi connectivity index (χ2n) is 5.89. The maximum Gasteiger partial charge on any atom is 0.340 e. The number of imide groups is 2. The Balaban J connectivity index is 1.75. The van der Waals surface area contributed by atoms with E-state index < -0.39 is 35.5 Å². The summed E-state index contributed by atoms with van der Waals surface area (Å²) in [6, 6.07) is 6.33. The van der Waals surface area contributed by atoms with Crippen LogP contribution in [0.1, 0.15) is 37.7 Å². The van der Waals surface area contributed by atoms with Crippen LogP contribution in [-0.4, -0.2) is 34.7 Å². The summed E-state index contributed by atoms with van der Waals surface area (Å²) in [5.74, 6) is -3.33. The average Bonchev–Trinajstić information content (AvgIpc) is 3.12. The maximum atomic E-state index is 12.4. The zero-order valence-electron chi connectivity index (χ0n) is 14.0. The van der Waals surface area contributed by atoms with Crippen molar-refractivity contribution in [3.63, 3.8) is 0 Å². The molecule has 26 heavy (non-hydrogen) atoms. The average molecular weight is 356 g/mol. The van der Waals surface area contributed by atoms with Crippen LogP contribution in [-0.2, 0) is 28.8 Å². The molecule has 1 aromatic carbocycles. The minimum Gasteiger partial charge on any atom is -0.330 e. The molecule has 0 radical (unpaired) electrons. The summed E-state index contributed by atoms with van der Waals surface area (Å²) in [5, 5.41) is 0.520. The minimum atomic E-state index is -0.709. The van der Waals surface area contributed by atoms with Gasteiger partial charge in [0, 0.05) is 25.0 Å². The molecule has 1 atom stereocenters. The zero-order chi connectivity index (χ0) is 18.8. The van der Waals surface area contributed by atoms with Crippen LogP contribution in [0.15, 0.2) is 36.4 Å². The van der Waals surface area contributed by atoms with Gasteiger partial charge < -0.3 is 4.84 Å². The predicted molar refractivity (Wildman–Crippen MR) is 88.3 cm³/mol. The molecule has 8 heteroatoms. The Labute approximate surface area is 149 Å². The highest BCUT2D eigenvalue weighted by Gasteiger charge is 2.35. The molecule has 0 bridgehead atoms. The van der Waals surface area contributed by atoms with Gasteiger partial charge >= 0.3 is 5.97 Å². The fourth-order valence-electron chi connectivity index (χ4n) is 2.86. The van der Waals surface area contributed by atoms with Gasteiger partial charge in [-0.05, 0) is 24.1 Å². The number of hydroxylamine groups is 2. The molecule has 1 saturated heterocycles. The minimum absolute atomic E-state index is 0.0313. The van der Waals surface area contributed by atoms with E-state index in [1.807, 2.05) is 0 Å². The van der Waals surface area contributed by atoms with E-state index in [1.54, 1.807) is 31.2 Å². The quantitative estimate of drug-likeness (QED) is 0.735. The Kier molecular flexibility index (Phi) is 4.66. The van der Waals surface area contributed by atoms with Crippen LogP contribution in [0.3, 0.4) is 0 Å². The van der Waals surface area contributed by atoms with Gasteiger partial charge in [-0.3, -0.25) is 19.2 Å². The van der Waals surface area contributed by atoms with Gasteiger partial charge in [-0.2, -0.15) is 0 Å². The second kappa shape index (κ2) is 6.91. The third-order valence-electron chi connectivity index (χ3n) is 4.24. The maximum absolute atomic E-state index is 12.4. The first-order chi connectivity index (χ1) is 12.4. The number of benzene rings is 1. The largest absolute Gasteiger partial charge is 0.340 e. The number of carbonyl (C=O) groups excluding carboxylic acids is 5. The molecule has 2 aliphatic heterocycles. The van der Waals surface area contributed by atoms with E-state index in [4.69, 9.17) is 4.84 Å². The first-order valence-corrected chi connectivity index (χ1v) is 8.16. The second-order valence-corrected chi connectivity index (χ2v) is 5.89. The molecule has 1 aromatic rings. The van der Waals surface area contributed by atoms with Crippen molar-refractivity contribution in [2.75, 3.05) is 4.90 Å². The van der Waals surface area contributed by atoms with E-state index in [1.165, 1.54) is 12.2 Å². The van der Waals surface area contributed by atoms with Crippen molar-refractivity contribution in [2.45, 2.75) is 32.1 Å². The van der Waals surface area contributed by atoms with Crippen LogP contribution >= 0.6 is 0 Å². The van der Waals surface area contributed by atoms with Gasteiger partial charge in [0.15, 0.2) is 0 Å². The van der Waals surface area contributed by atoms with E-state index in [0.29, 0.717) is 22.7 Å². The SMILES string of the molecule is CCC(C(=O)ON1C(=O)CCC1=O)c1ccc(N2C(=O)C=CC2=O)cc1. The lowest BCUT2D eigenvalue weighted by molar-refractivity contribution is -0.198. The Bertz CT molecular complexity index is 793. The Morgan fingerprint density at radius 1 is 1.00 bits per heavy atom. The molecule has 134 valence electrons. The van der Waals surface area contributed by atoms with Crippen LogP contribution in [0.2, 0.25) is 0 Å². The smallest absolute Gasteiger partial charge is 0.330 e. The van der Waals surface area contributed by atoms with Gasteiger partial charge in [0.2, 0.25) is 0 Å². The normalized spacial score (nSPS) is 18.0. The number of carbonyl (C=O) groups is 5. The molecule has 1 unspecified atom stereocenters. The van der Waals surface area contributed by atoms with Gasteiger partial charge in [-0.15, -0.1) is 5.06 Å². The van der Waals surface area contributed by atoms with E-state index in [9.17, 15) is 24.0 Å². The Morgan fingerprint density at radius 2 is 1.54 bits per heavy atom. The van der Waals surface area contributed by atoms with Crippen molar-refractivity contribution in [3.05, 3.63) is 42.0 Å². The topological polar surface area (TPSA) is 101 Å². The third-order valence-corrected chi connectivity index (χ3v) is 4.24. The lowest BCUT2D eigenvalue weighted by atomic mass is 9.96. The summed E-state index contributed by atoms with van der Waals surface area (Å²) in [4.78, 5) is 64.9. The van der Waals surface area contributed by atoms with Crippen molar-refractivity contribution < 1.29 is 28.8 Å². The summed E-state index contributed by atoms with van der Waals surface area (Å²) >= 11 is 0. The van der Waals surface area contributed by atoms with Crippen molar-refractivity contribution in [3.8, 4) is 0 Å². The number of nitrogens with zero attached hydrogens (tertiary/aromatic N) is 2. The van der Waals surface area contributed by atoms with Crippen LogP contribution < -0.4 is 4.90 Å². The molecule has 4 amide bonds. The van der Waals surface area contributed by atoms with Crippen molar-refractivity contribution >= 4 is 35.3 Å². The fourth-order valence-corrected chi connectivity index (χ4v) is 2.86. The van der Waals surface area contributed by atoms with E-state index >= 15 is 0 Å². The van der Waals surface area contributed by atoms with Gasteiger partial charge in [-0.25, -0.2) is 9.69 Å². The molecule has 3 rings (SSSR count). The Morgan fingerprint density at radius 3 is 2.04 bits per heavy atom. The predicted octanol–water partition coefficient (Wildman–Crippen LogP) is 1.22. The number of anilines is 1. The summed E-state index contributed by atoms with van der Waals surface area (Å²) in [6.45, 7) is 1.77. The standard InChI is InChI=1S/C18H16N2O6/c1-2-13(18(25)26-20-16(23)9-10-17(20)24)11-3-5-12(6-4-11)19-14(21)7-8-15(19)22/h3-8,13H,2,9-10H2,1H3. The van der Waals surface area contributed by atoms with Crippen molar-refractivity contribution in [2.24, 2.45) is 0 Å². The fraction of sp³-hybridized carbons (Fsp3) is 0.278. The molecular formula is C18H16N2O6. The molecule has 2 heterocycles. The molecule has 0 aromatic heterocycles. The molecular weight excluding hydrogens is 340 g/mol. The number of rotatable bonds is 5. The summed E-state index contributed by atoms with van der Waals surface area (Å²) in [6.07, 6.45) is 2.82. The molecule has 0 aliphatic carbocycles. The van der Waals surface area contributed by atoms with Crippen LogP contribution in [0.5, 0.6) is 0 Å². The molecule has 0 N–H and O–H groups in total. The summed E-state index contributed by atoms with van der Waals surface area (Å²) < 4.78 is 0. The monoisotopic (exact) mass is 356 g/mol. The van der Waals surface area contributed by atoms with Crippen LogP contribution in [0, 0.1) is 0 Å². The number of hydrogen-bond acceptors (Lipinski definition) is 6. The number of hydrogen-bond donors (Lipinski definition) is 0. The van der Waals surface area contributed by atoms with E-state index in [-0.39, 0.29) is 12.8 Å². The van der Waals surface area contributed by atoms with Gasteiger partial charge in [0.25, 0.3) is 23.6 Å². The third kappa shape index (κ3) is 3.13. The lowest BCUT2D eigenvalue weighted by Crippen LogP contribution is -2.34. The zero-order valence-corrected chi connectivity index (χ0v) is 14.0. The van der Waals surface area contributed by atoms with Crippen LogP contribution in [0.25, 0.3) is 0 Å². The molecule has 2 aliphatic rings. The first-order valence-electron chi connectivity index (χ1n) is 8.16. The molecule has 1 fully saturated rings. The van der Waals surface area contributed by atoms with Gasteiger partial charge in [-0.1, -0.05) is 19.1 Å². The number of amides is 4. The Hall–Kier alpha value is -3.29. The highest BCUT2D eigenvalue weighted by atomic mass is 16.7. The highest BCUT2D eigenvalue weighted by Crippen LogP contribution is 2.26. The summed E-state index contributed by atoms with van der Waals surface area (Å²) in [5.41, 5.74) is 0.981. The molecule has 8 nitrogen and oxygen atoms in total. The highest BCUT2D eigenvalue weighted by molar-refractivity contribution is 6.28. The van der Waals surface area contributed by atoms with Gasteiger partial charge in [0.05, 0.1) is 11.6 Å². The van der Waals surface area contributed by atoms with Crippen molar-refractivity contribution in [1.29, 1.82) is 0 Å². The van der Waals surface area contributed by atoms with Crippen molar-refractivity contribution in [1.82, 2.24) is 5.06 Å². The molecule has 0 spiro atoms. The van der Waals surface area contributed by atoms with Gasteiger partial charge in [0.1, 0.15) is 0 Å². The summed E-state index contributed by atoms with van der Waals surface area (Å²) in [7, 11) is 0. The molecule has 0 saturated carbocycles. The first kappa shape index (κ1) is 17.5. The van der Waals surface area contributed by atoms with E-state index in [2.05, 4.69) is 0 Å². The van der Waals surface area contributed by atoms with Crippen LogP contribution in [0.4, 0.5) is 5.69 Å². The lowest BCUT2D eigenvalue weighted by Gasteiger charge is -2.19.